The van der Waals surface area contributed by atoms with Gasteiger partial charge >= 0.3 is 5.97 Å². The van der Waals surface area contributed by atoms with Crippen molar-refractivity contribution in [3.8, 4) is 0 Å². The van der Waals surface area contributed by atoms with E-state index in [-0.39, 0.29) is 12.1 Å². The minimum Gasteiger partial charge on any atom is -0.458 e. The first-order valence-electron chi connectivity index (χ1n) is 5.67. The Balaban J connectivity index is 3.99. The van der Waals surface area contributed by atoms with Crippen LogP contribution in [-0.2, 0) is 9.53 Å². The summed E-state index contributed by atoms with van der Waals surface area (Å²) in [5.41, 5.74) is 0. The van der Waals surface area contributed by atoms with E-state index in [2.05, 4.69) is 6.92 Å². The van der Waals surface area contributed by atoms with Crippen molar-refractivity contribution in [1.82, 2.24) is 0 Å². The summed E-state index contributed by atoms with van der Waals surface area (Å²) in [7, 11) is 0. The van der Waals surface area contributed by atoms with E-state index in [4.69, 9.17) is 4.74 Å². The van der Waals surface area contributed by atoms with Gasteiger partial charge in [0, 0.05) is 6.92 Å². The van der Waals surface area contributed by atoms with Crippen LogP contribution in [0.15, 0.2) is 24.3 Å². The van der Waals surface area contributed by atoms with Gasteiger partial charge in [-0.05, 0) is 25.8 Å². The molecule has 0 aliphatic heterocycles. The van der Waals surface area contributed by atoms with E-state index >= 15 is 0 Å². The molecule has 0 saturated heterocycles. The van der Waals surface area contributed by atoms with Gasteiger partial charge in [0.2, 0.25) is 0 Å². The normalized spacial score (nSPS) is 13.5. The molecule has 0 aromatic heterocycles. The number of rotatable bonds is 7. The first-order valence-corrected chi connectivity index (χ1v) is 5.67. The fraction of sp³-hybridized carbons (Fsp3) is 0.615. The third-order valence-electron chi connectivity index (χ3n) is 2.04. The van der Waals surface area contributed by atoms with Crippen LogP contribution in [-0.4, -0.2) is 12.1 Å². The fourth-order valence-electron chi connectivity index (χ4n) is 1.30. The smallest absolute Gasteiger partial charge is 0.303 e. The summed E-state index contributed by atoms with van der Waals surface area (Å²) in [5, 5.41) is 0. The van der Waals surface area contributed by atoms with Crippen molar-refractivity contribution in [3.05, 3.63) is 24.3 Å². The van der Waals surface area contributed by atoms with Crippen LogP contribution in [0.3, 0.4) is 0 Å². The van der Waals surface area contributed by atoms with Crippen LogP contribution in [0.4, 0.5) is 0 Å². The second kappa shape index (κ2) is 9.50. The molecule has 15 heavy (non-hydrogen) atoms. The van der Waals surface area contributed by atoms with Gasteiger partial charge in [0.25, 0.3) is 0 Å². The Bertz CT molecular complexity index is 217. The minimum absolute atomic E-state index is 0.0646. The highest BCUT2D eigenvalue weighted by Crippen LogP contribution is 2.08. The lowest BCUT2D eigenvalue weighted by atomic mass is 10.1. The van der Waals surface area contributed by atoms with Gasteiger partial charge in [-0.1, -0.05) is 38.0 Å². The number of carbonyl (C=O) groups excluding carboxylic acids is 1. The molecule has 0 fully saturated rings. The molecule has 0 aromatic rings. The summed E-state index contributed by atoms with van der Waals surface area (Å²) in [6.07, 6.45) is 12.1. The van der Waals surface area contributed by atoms with Crippen molar-refractivity contribution < 1.29 is 9.53 Å². The molecule has 0 aliphatic rings. The highest BCUT2D eigenvalue weighted by Gasteiger charge is 2.06. The molecule has 0 bridgehead atoms. The Labute approximate surface area is 93.0 Å². The quantitative estimate of drug-likeness (QED) is 0.364. The third-order valence-corrected chi connectivity index (χ3v) is 2.04. The van der Waals surface area contributed by atoms with Crippen LogP contribution in [0.5, 0.6) is 0 Å². The maximum Gasteiger partial charge on any atom is 0.303 e. The van der Waals surface area contributed by atoms with Gasteiger partial charge < -0.3 is 4.74 Å². The number of ether oxygens (including phenoxy) is 1. The second-order valence-electron chi connectivity index (χ2n) is 3.55. The lowest BCUT2D eigenvalue weighted by Crippen LogP contribution is -2.13. The molecule has 86 valence electrons. The standard InChI is InChI=1S/C13H22O2/c1-4-6-8-10-13(15-12(3)14)11-9-7-5-2/h4,6,8,10,13H,5,7,9,11H2,1-3H3/b6-4+,10-8+/t13-/m1/s1. The van der Waals surface area contributed by atoms with Crippen molar-refractivity contribution >= 4 is 5.97 Å². The van der Waals surface area contributed by atoms with Crippen molar-refractivity contribution in [3.63, 3.8) is 0 Å². The van der Waals surface area contributed by atoms with Gasteiger partial charge in [0.05, 0.1) is 0 Å². The molecule has 0 saturated carbocycles. The first kappa shape index (κ1) is 13.9. The van der Waals surface area contributed by atoms with Crippen molar-refractivity contribution in [1.29, 1.82) is 0 Å². The SMILES string of the molecule is C/C=C/C=C/[C@H](CCCCC)OC(C)=O. The largest absolute Gasteiger partial charge is 0.458 e. The molecular weight excluding hydrogens is 188 g/mol. The Morgan fingerprint density at radius 3 is 2.60 bits per heavy atom. The fourth-order valence-corrected chi connectivity index (χ4v) is 1.30. The van der Waals surface area contributed by atoms with Gasteiger partial charge in [-0.25, -0.2) is 0 Å². The molecule has 0 N–H and O–H groups in total. The number of esters is 1. The number of carbonyl (C=O) groups is 1. The average Bonchev–Trinajstić information content (AvgIpc) is 2.17. The molecule has 0 amide bonds. The maximum atomic E-state index is 10.8. The molecule has 1 atom stereocenters. The summed E-state index contributed by atoms with van der Waals surface area (Å²) < 4.78 is 5.18. The summed E-state index contributed by atoms with van der Waals surface area (Å²) >= 11 is 0. The predicted molar refractivity (Wildman–Crippen MR) is 63.7 cm³/mol. The molecule has 0 rings (SSSR count). The summed E-state index contributed by atoms with van der Waals surface area (Å²) in [6.45, 7) is 5.58. The Kier molecular flexibility index (Phi) is 8.84. The summed E-state index contributed by atoms with van der Waals surface area (Å²) in [4.78, 5) is 10.8. The van der Waals surface area contributed by atoms with E-state index in [9.17, 15) is 4.79 Å². The highest BCUT2D eigenvalue weighted by atomic mass is 16.5. The van der Waals surface area contributed by atoms with Crippen LogP contribution in [0.25, 0.3) is 0 Å². The molecule has 0 aliphatic carbocycles. The van der Waals surface area contributed by atoms with Gasteiger partial charge in [-0.15, -0.1) is 0 Å². The number of hydrogen-bond acceptors (Lipinski definition) is 2. The van der Waals surface area contributed by atoms with Crippen LogP contribution >= 0.6 is 0 Å². The zero-order valence-corrected chi connectivity index (χ0v) is 10.0. The molecule has 0 unspecified atom stereocenters. The molecule has 0 heterocycles. The zero-order chi connectivity index (χ0) is 11.5. The van der Waals surface area contributed by atoms with Crippen LogP contribution in [0, 0.1) is 0 Å². The van der Waals surface area contributed by atoms with Gasteiger partial charge in [-0.3, -0.25) is 4.79 Å². The molecule has 2 heteroatoms. The second-order valence-corrected chi connectivity index (χ2v) is 3.55. The van der Waals surface area contributed by atoms with Crippen molar-refractivity contribution in [2.24, 2.45) is 0 Å². The molecule has 2 nitrogen and oxygen atoms in total. The van der Waals surface area contributed by atoms with E-state index in [1.165, 1.54) is 19.8 Å². The number of unbranched alkanes of at least 4 members (excludes halogenated alkanes) is 2. The van der Waals surface area contributed by atoms with Crippen molar-refractivity contribution in [2.45, 2.75) is 52.6 Å². The number of hydrogen-bond donors (Lipinski definition) is 0. The minimum atomic E-state index is -0.207. The first-order chi connectivity index (χ1) is 7.20. The monoisotopic (exact) mass is 210 g/mol. The van der Waals surface area contributed by atoms with E-state index in [1.807, 2.05) is 31.2 Å². The molecule has 0 aromatic carbocycles. The van der Waals surface area contributed by atoms with Gasteiger partial charge in [-0.2, -0.15) is 0 Å². The van der Waals surface area contributed by atoms with E-state index in [1.54, 1.807) is 0 Å². The van der Waals surface area contributed by atoms with Gasteiger partial charge in [0.15, 0.2) is 0 Å². The van der Waals surface area contributed by atoms with E-state index < -0.39 is 0 Å². The summed E-state index contributed by atoms with van der Waals surface area (Å²) in [5.74, 6) is -0.207. The van der Waals surface area contributed by atoms with E-state index in [0.29, 0.717) is 0 Å². The maximum absolute atomic E-state index is 10.8. The molecule has 0 spiro atoms. The summed E-state index contributed by atoms with van der Waals surface area (Å²) in [6, 6.07) is 0. The highest BCUT2D eigenvalue weighted by molar-refractivity contribution is 5.66. The Morgan fingerprint density at radius 2 is 2.07 bits per heavy atom. The lowest BCUT2D eigenvalue weighted by molar-refractivity contribution is -0.144. The molecule has 0 radical (unpaired) electrons. The average molecular weight is 210 g/mol. The molecular formula is C13H22O2. The van der Waals surface area contributed by atoms with E-state index in [0.717, 1.165) is 12.8 Å². The van der Waals surface area contributed by atoms with Crippen LogP contribution in [0.2, 0.25) is 0 Å². The third kappa shape index (κ3) is 9.26. The number of allylic oxidation sites excluding steroid dienone is 3. The zero-order valence-electron chi connectivity index (χ0n) is 10.0. The Morgan fingerprint density at radius 1 is 1.33 bits per heavy atom. The van der Waals surface area contributed by atoms with Crippen molar-refractivity contribution in [2.75, 3.05) is 0 Å². The lowest BCUT2D eigenvalue weighted by Gasteiger charge is -2.12. The topological polar surface area (TPSA) is 26.3 Å². The van der Waals surface area contributed by atoms with Crippen LogP contribution < -0.4 is 0 Å². The van der Waals surface area contributed by atoms with Gasteiger partial charge in [0.1, 0.15) is 6.10 Å². The predicted octanol–water partition coefficient (Wildman–Crippen LogP) is 3.63. The Hall–Kier alpha value is -1.05. The van der Waals surface area contributed by atoms with Crippen LogP contribution in [0.1, 0.15) is 46.5 Å².